The Kier molecular flexibility index (Phi) is 4.01. The number of carbonyl (C=O) groups is 1. The molecule has 8 nitrogen and oxygen atoms in total. The second-order valence-electron chi connectivity index (χ2n) is 7.49. The molecule has 2 bridgehead atoms. The van der Waals surface area contributed by atoms with Crippen molar-refractivity contribution in [3.05, 3.63) is 40.9 Å². The Morgan fingerprint density at radius 3 is 2.50 bits per heavy atom. The molecule has 148 valence electrons. The minimum atomic E-state index is -3.92. The molecule has 5 rings (SSSR count). The quantitative estimate of drug-likeness (QED) is 0.803. The monoisotopic (exact) mass is 425 g/mol. The minimum absolute atomic E-state index is 0.0525. The lowest BCUT2D eigenvalue weighted by Crippen LogP contribution is -2.41. The van der Waals surface area contributed by atoms with Crippen LogP contribution in [0.5, 0.6) is 0 Å². The topological polar surface area (TPSA) is 99.3 Å². The number of nitrogens with zero attached hydrogens (tertiary/aromatic N) is 4. The van der Waals surface area contributed by atoms with E-state index in [9.17, 15) is 17.6 Å². The van der Waals surface area contributed by atoms with E-state index in [1.807, 2.05) is 0 Å². The van der Waals surface area contributed by atoms with Crippen molar-refractivity contribution in [2.45, 2.75) is 29.8 Å². The number of hydrogen-bond acceptors (Lipinski definition) is 5. The molecule has 0 saturated carbocycles. The molecule has 11 heteroatoms. The molecule has 3 aliphatic rings. The molecule has 0 aliphatic carbocycles. The maximum atomic E-state index is 13.8. The lowest BCUT2D eigenvalue weighted by Gasteiger charge is -2.26. The average Bonchev–Trinajstić information content (AvgIpc) is 3.43. The summed E-state index contributed by atoms with van der Waals surface area (Å²) in [6.45, 7) is 0.945. The van der Waals surface area contributed by atoms with Gasteiger partial charge in [-0.05, 0) is 36.8 Å². The van der Waals surface area contributed by atoms with Crippen LogP contribution in [-0.2, 0) is 10.0 Å². The van der Waals surface area contributed by atoms with E-state index < -0.39 is 15.8 Å². The molecular formula is C17H17ClFN5O3S. The summed E-state index contributed by atoms with van der Waals surface area (Å²) < 4.78 is 41.9. The zero-order valence-corrected chi connectivity index (χ0v) is 16.2. The maximum absolute atomic E-state index is 13.8. The molecule has 4 heterocycles. The molecule has 1 aromatic heterocycles. The summed E-state index contributed by atoms with van der Waals surface area (Å²) in [5, 5.41) is 9.56. The zero-order valence-electron chi connectivity index (χ0n) is 14.6. The molecular weight excluding hydrogens is 409 g/mol. The van der Waals surface area contributed by atoms with Crippen molar-refractivity contribution in [3.63, 3.8) is 0 Å². The minimum Gasteiger partial charge on any atom is -0.336 e. The fraction of sp³-hybridized carbons (Fsp3) is 0.471. The number of fused-ring (bicyclic) bond motifs is 5. The Bertz CT molecular complexity index is 1030. The van der Waals surface area contributed by atoms with Crippen LogP contribution in [0.15, 0.2) is 29.3 Å². The number of amides is 1. The third-order valence-corrected chi connectivity index (χ3v) is 8.69. The first-order valence-electron chi connectivity index (χ1n) is 9.02. The van der Waals surface area contributed by atoms with Crippen LogP contribution in [0.4, 0.5) is 4.39 Å². The van der Waals surface area contributed by atoms with Crippen LogP contribution >= 0.6 is 11.6 Å². The third-order valence-electron chi connectivity index (χ3n) is 6.21. The van der Waals surface area contributed by atoms with Gasteiger partial charge in [0.15, 0.2) is 5.69 Å². The Morgan fingerprint density at radius 2 is 1.89 bits per heavy atom. The van der Waals surface area contributed by atoms with Gasteiger partial charge in [-0.1, -0.05) is 17.7 Å². The number of nitrogens with one attached hydrogen (secondary N) is 1. The predicted molar refractivity (Wildman–Crippen MR) is 96.5 cm³/mol. The van der Waals surface area contributed by atoms with Crippen molar-refractivity contribution in [2.24, 2.45) is 11.8 Å². The van der Waals surface area contributed by atoms with E-state index in [0.717, 1.165) is 18.9 Å². The molecule has 1 N–H and O–H groups in total. The molecule has 3 fully saturated rings. The summed E-state index contributed by atoms with van der Waals surface area (Å²) in [5.41, 5.74) is 0.253. The van der Waals surface area contributed by atoms with Crippen molar-refractivity contribution in [3.8, 4) is 0 Å². The van der Waals surface area contributed by atoms with E-state index in [4.69, 9.17) is 11.6 Å². The summed E-state index contributed by atoms with van der Waals surface area (Å²) in [7, 11) is -3.92. The van der Waals surface area contributed by atoms with Crippen LogP contribution < -0.4 is 0 Å². The van der Waals surface area contributed by atoms with E-state index in [2.05, 4.69) is 15.4 Å². The predicted octanol–water partition coefficient (Wildman–Crippen LogP) is 1.52. The summed E-state index contributed by atoms with van der Waals surface area (Å²) >= 11 is 5.96. The lowest BCUT2D eigenvalue weighted by atomic mass is 9.82. The summed E-state index contributed by atoms with van der Waals surface area (Å²) in [6.07, 6.45) is 2.84. The number of aromatic nitrogens is 3. The highest BCUT2D eigenvalue weighted by Gasteiger charge is 2.61. The summed E-state index contributed by atoms with van der Waals surface area (Å²) in [6, 6.07) is 3.41. The van der Waals surface area contributed by atoms with Gasteiger partial charge in [0.1, 0.15) is 10.7 Å². The number of halogens is 2. The van der Waals surface area contributed by atoms with Crippen molar-refractivity contribution < 1.29 is 17.6 Å². The van der Waals surface area contributed by atoms with Gasteiger partial charge in [-0.15, -0.1) is 0 Å². The van der Waals surface area contributed by atoms with E-state index >= 15 is 0 Å². The number of hydrogen-bond donors (Lipinski definition) is 1. The lowest BCUT2D eigenvalue weighted by molar-refractivity contribution is 0.0767. The highest BCUT2D eigenvalue weighted by molar-refractivity contribution is 7.89. The van der Waals surface area contributed by atoms with Crippen molar-refractivity contribution in [2.75, 3.05) is 13.1 Å². The van der Waals surface area contributed by atoms with Crippen molar-refractivity contribution in [1.82, 2.24) is 24.6 Å². The van der Waals surface area contributed by atoms with Gasteiger partial charge in [-0.2, -0.15) is 19.7 Å². The number of H-pyrrole nitrogens is 1. The number of likely N-dealkylation sites (tertiary alicyclic amines) is 1. The second-order valence-corrected chi connectivity index (χ2v) is 9.68. The Balaban J connectivity index is 1.43. The first kappa shape index (κ1) is 18.0. The van der Waals surface area contributed by atoms with E-state index in [1.165, 1.54) is 22.6 Å². The average molecular weight is 426 g/mol. The number of sulfonamides is 1. The van der Waals surface area contributed by atoms with Gasteiger partial charge in [-0.3, -0.25) is 4.79 Å². The molecule has 0 unspecified atom stereocenters. The largest absolute Gasteiger partial charge is 0.336 e. The van der Waals surface area contributed by atoms with Crippen LogP contribution in [0.3, 0.4) is 0 Å². The molecule has 0 spiro atoms. The first-order valence-corrected chi connectivity index (χ1v) is 10.8. The molecule has 28 heavy (non-hydrogen) atoms. The third kappa shape index (κ3) is 2.44. The number of rotatable bonds is 3. The Labute approximate surface area is 165 Å². The smallest absolute Gasteiger partial charge is 0.276 e. The fourth-order valence-corrected chi connectivity index (χ4v) is 7.56. The fourth-order valence-electron chi connectivity index (χ4n) is 5.10. The number of benzene rings is 1. The van der Waals surface area contributed by atoms with Crippen LogP contribution in [0.2, 0.25) is 5.02 Å². The van der Waals surface area contributed by atoms with Crippen molar-refractivity contribution >= 4 is 27.5 Å². The van der Waals surface area contributed by atoms with Gasteiger partial charge < -0.3 is 4.90 Å². The summed E-state index contributed by atoms with van der Waals surface area (Å²) in [4.78, 5) is 14.1. The van der Waals surface area contributed by atoms with Crippen LogP contribution in [0, 0.1) is 17.7 Å². The maximum Gasteiger partial charge on any atom is 0.276 e. The molecule has 0 radical (unpaired) electrons. The van der Waals surface area contributed by atoms with Crippen LogP contribution in [0.25, 0.3) is 0 Å². The van der Waals surface area contributed by atoms with Gasteiger partial charge in [-0.25, -0.2) is 12.8 Å². The number of aromatic amines is 1. The SMILES string of the molecule is O=C(c1cn[nH]n1)N1C[C@@H]2[C@H](C1)[C@H]1CC[C@@H]2N1S(=O)(=O)c1cccc(F)c1Cl. The van der Waals surface area contributed by atoms with Crippen molar-refractivity contribution in [1.29, 1.82) is 0 Å². The van der Waals surface area contributed by atoms with Crippen LogP contribution in [-0.4, -0.2) is 64.1 Å². The molecule has 4 atom stereocenters. The molecule has 3 saturated heterocycles. The van der Waals surface area contributed by atoms with Gasteiger partial charge >= 0.3 is 0 Å². The highest BCUT2D eigenvalue weighted by atomic mass is 35.5. The van der Waals surface area contributed by atoms with E-state index in [-0.39, 0.29) is 45.4 Å². The first-order chi connectivity index (χ1) is 13.4. The van der Waals surface area contributed by atoms with Gasteiger partial charge in [0.05, 0.1) is 11.2 Å². The standard InChI is InChI=1S/C17H17ClFN5O3S/c18-16-11(19)2-1-3-15(16)28(26,27)24-13-4-5-14(24)10-8-23(7-9(10)13)17(25)12-6-20-22-21-12/h1-3,6,9-10,13-14H,4-5,7-8H2,(H,20,21,22)/t9-,10+,13+,14-. The zero-order chi connectivity index (χ0) is 19.6. The molecule has 3 aliphatic heterocycles. The number of carbonyl (C=O) groups excluding carboxylic acids is 1. The molecule has 1 aromatic carbocycles. The highest BCUT2D eigenvalue weighted by Crippen LogP contribution is 2.52. The second kappa shape index (κ2) is 6.23. The molecule has 1 amide bonds. The Morgan fingerprint density at radius 1 is 1.21 bits per heavy atom. The Hall–Kier alpha value is -2.04. The van der Waals surface area contributed by atoms with Gasteiger partial charge in [0, 0.05) is 25.2 Å². The van der Waals surface area contributed by atoms with E-state index in [0.29, 0.717) is 13.1 Å². The van der Waals surface area contributed by atoms with Gasteiger partial charge in [0.2, 0.25) is 10.0 Å². The van der Waals surface area contributed by atoms with Crippen LogP contribution in [0.1, 0.15) is 23.3 Å². The normalized spacial score (nSPS) is 29.4. The molecule has 2 aromatic rings. The van der Waals surface area contributed by atoms with Gasteiger partial charge in [0.25, 0.3) is 5.91 Å². The summed E-state index contributed by atoms with van der Waals surface area (Å²) in [5.74, 6) is -0.850. The van der Waals surface area contributed by atoms with E-state index in [1.54, 1.807) is 4.90 Å².